The van der Waals surface area contributed by atoms with Gasteiger partial charge in [-0.25, -0.2) is 14.3 Å². The molecule has 1 aromatic heterocycles. The lowest BCUT2D eigenvalue weighted by molar-refractivity contribution is 0.0549. The number of halogens is 1. The van der Waals surface area contributed by atoms with Crippen LogP contribution in [-0.4, -0.2) is 43.0 Å². The molecule has 3 rings (SSSR count). The summed E-state index contributed by atoms with van der Waals surface area (Å²) in [5.41, 5.74) is 1.43. The van der Waals surface area contributed by atoms with Crippen molar-refractivity contribution < 1.29 is 23.8 Å². The first-order valence-electron chi connectivity index (χ1n) is 8.21. The maximum atomic E-state index is 12.7. The topological polar surface area (TPSA) is 79.7 Å². The number of rotatable bonds is 5. The highest BCUT2D eigenvalue weighted by atomic mass is 127. The second kappa shape index (κ2) is 8.42. The van der Waals surface area contributed by atoms with E-state index in [4.69, 9.17) is 14.2 Å². The summed E-state index contributed by atoms with van der Waals surface area (Å²) in [5, 5.41) is 4.57. The van der Waals surface area contributed by atoms with Crippen LogP contribution >= 0.6 is 22.6 Å². The Kier molecular flexibility index (Phi) is 5.98. The average molecular weight is 492 g/mol. The van der Waals surface area contributed by atoms with E-state index in [0.717, 1.165) is 3.57 Å². The number of carbonyl (C=O) groups is 2. The van der Waals surface area contributed by atoms with Gasteiger partial charge in [0, 0.05) is 5.56 Å². The Bertz CT molecular complexity index is 1030. The van der Waals surface area contributed by atoms with Crippen molar-refractivity contribution in [3.8, 4) is 22.7 Å². The molecule has 0 spiro atoms. The van der Waals surface area contributed by atoms with E-state index in [0.29, 0.717) is 17.0 Å². The van der Waals surface area contributed by atoms with E-state index in [2.05, 4.69) is 27.7 Å². The number of nitrogens with zero attached hydrogens (tertiary/aromatic N) is 2. The Hall–Kier alpha value is -2.88. The van der Waals surface area contributed by atoms with Gasteiger partial charge in [-0.3, -0.25) is 0 Å². The van der Waals surface area contributed by atoms with Gasteiger partial charge in [0.15, 0.2) is 5.69 Å². The molecule has 0 aliphatic heterocycles. The van der Waals surface area contributed by atoms with Gasteiger partial charge in [0.05, 0.1) is 30.6 Å². The van der Waals surface area contributed by atoms with Crippen LogP contribution in [0, 0.1) is 3.57 Å². The van der Waals surface area contributed by atoms with E-state index in [9.17, 15) is 9.59 Å². The standard InChI is InChI=1S/C20H17IN2O5/c1-26-18-13(10-7-11-14(18)21)16-15(19(24)27-2)17(20(25)28-3)23(22-16)12-8-5-4-6-9-12/h4-11H,1-3H3. The van der Waals surface area contributed by atoms with Gasteiger partial charge in [-0.2, -0.15) is 5.10 Å². The summed E-state index contributed by atoms with van der Waals surface area (Å²) in [7, 11) is 4.03. The fourth-order valence-electron chi connectivity index (χ4n) is 2.85. The lowest BCUT2D eigenvalue weighted by atomic mass is 10.0. The Morgan fingerprint density at radius 2 is 1.61 bits per heavy atom. The first-order chi connectivity index (χ1) is 13.5. The van der Waals surface area contributed by atoms with Crippen molar-refractivity contribution in [1.29, 1.82) is 0 Å². The molecule has 0 saturated heterocycles. The molecule has 3 aromatic rings. The highest BCUT2D eigenvalue weighted by molar-refractivity contribution is 14.1. The van der Waals surface area contributed by atoms with E-state index in [1.165, 1.54) is 26.0 Å². The SMILES string of the molecule is COC(=O)c1c(-c2cccc(I)c2OC)nn(-c2ccccc2)c1C(=O)OC. The van der Waals surface area contributed by atoms with E-state index in [1.807, 2.05) is 30.3 Å². The molecule has 2 aromatic carbocycles. The first-order valence-corrected chi connectivity index (χ1v) is 9.29. The number of carbonyl (C=O) groups excluding carboxylic acids is 2. The Labute approximate surface area is 175 Å². The molecule has 0 atom stereocenters. The summed E-state index contributed by atoms with van der Waals surface area (Å²) in [6.45, 7) is 0. The number of methoxy groups -OCH3 is 3. The maximum Gasteiger partial charge on any atom is 0.357 e. The Morgan fingerprint density at radius 3 is 2.21 bits per heavy atom. The molecule has 0 aliphatic carbocycles. The molecule has 0 aliphatic rings. The van der Waals surface area contributed by atoms with Crippen LogP contribution in [0.2, 0.25) is 0 Å². The minimum atomic E-state index is -0.701. The first kappa shape index (κ1) is 19.9. The van der Waals surface area contributed by atoms with E-state index in [-0.39, 0.29) is 17.0 Å². The minimum Gasteiger partial charge on any atom is -0.495 e. The zero-order valence-corrected chi connectivity index (χ0v) is 17.6. The van der Waals surface area contributed by atoms with Gasteiger partial charge in [0.1, 0.15) is 17.0 Å². The van der Waals surface area contributed by atoms with E-state index >= 15 is 0 Å². The van der Waals surface area contributed by atoms with Gasteiger partial charge < -0.3 is 14.2 Å². The van der Waals surface area contributed by atoms with Gasteiger partial charge in [-0.15, -0.1) is 0 Å². The van der Waals surface area contributed by atoms with Crippen LogP contribution in [0.1, 0.15) is 20.8 Å². The second-order valence-corrected chi connectivity index (χ2v) is 6.79. The fourth-order valence-corrected chi connectivity index (χ4v) is 3.56. The quantitative estimate of drug-likeness (QED) is 0.399. The normalized spacial score (nSPS) is 10.4. The lowest BCUT2D eigenvalue weighted by Crippen LogP contribution is -2.15. The van der Waals surface area contributed by atoms with Crippen LogP contribution in [0.5, 0.6) is 5.75 Å². The zero-order valence-electron chi connectivity index (χ0n) is 15.4. The number of aromatic nitrogens is 2. The molecule has 0 unspecified atom stereocenters. The maximum absolute atomic E-state index is 12.7. The molecule has 0 amide bonds. The van der Waals surface area contributed by atoms with Gasteiger partial charge in [-0.05, 0) is 46.9 Å². The molecule has 0 N–H and O–H groups in total. The molecule has 0 saturated carbocycles. The highest BCUT2D eigenvalue weighted by Crippen LogP contribution is 2.37. The van der Waals surface area contributed by atoms with Crippen molar-refractivity contribution in [1.82, 2.24) is 9.78 Å². The summed E-state index contributed by atoms with van der Waals surface area (Å²) in [6, 6.07) is 14.5. The summed E-state index contributed by atoms with van der Waals surface area (Å²) >= 11 is 2.13. The molecule has 0 radical (unpaired) electrons. The number of esters is 2. The fraction of sp³-hybridized carbons (Fsp3) is 0.150. The molecule has 8 heteroatoms. The molecule has 144 valence electrons. The van der Waals surface area contributed by atoms with Gasteiger partial charge in [-0.1, -0.05) is 24.3 Å². The monoisotopic (exact) mass is 492 g/mol. The summed E-state index contributed by atoms with van der Waals surface area (Å²) in [5.74, 6) is -0.853. The van der Waals surface area contributed by atoms with Crippen LogP contribution in [0.25, 0.3) is 16.9 Å². The van der Waals surface area contributed by atoms with Gasteiger partial charge >= 0.3 is 11.9 Å². The van der Waals surface area contributed by atoms with Crippen molar-refractivity contribution >= 4 is 34.5 Å². The molecule has 28 heavy (non-hydrogen) atoms. The number of ether oxygens (including phenoxy) is 3. The van der Waals surface area contributed by atoms with Crippen LogP contribution in [-0.2, 0) is 9.47 Å². The largest absolute Gasteiger partial charge is 0.495 e. The van der Waals surface area contributed by atoms with Gasteiger partial charge in [0.25, 0.3) is 0 Å². The molecule has 1 heterocycles. The van der Waals surface area contributed by atoms with Crippen molar-refractivity contribution in [2.24, 2.45) is 0 Å². The number of hydrogen-bond acceptors (Lipinski definition) is 6. The number of para-hydroxylation sites is 2. The Morgan fingerprint density at radius 1 is 0.929 bits per heavy atom. The molecule has 0 bridgehead atoms. The average Bonchev–Trinajstić information content (AvgIpc) is 3.13. The predicted octanol–water partition coefficient (Wildman–Crippen LogP) is 3.73. The van der Waals surface area contributed by atoms with Crippen LogP contribution in [0.15, 0.2) is 48.5 Å². The third-order valence-corrected chi connectivity index (χ3v) is 4.93. The molecule has 0 fully saturated rings. The van der Waals surface area contributed by atoms with Crippen molar-refractivity contribution in [2.75, 3.05) is 21.3 Å². The van der Waals surface area contributed by atoms with Crippen LogP contribution in [0.4, 0.5) is 0 Å². The van der Waals surface area contributed by atoms with Crippen molar-refractivity contribution in [3.05, 3.63) is 63.4 Å². The Balaban J connectivity index is 2.41. The van der Waals surface area contributed by atoms with Crippen LogP contribution in [0.3, 0.4) is 0 Å². The molecular weight excluding hydrogens is 475 g/mol. The van der Waals surface area contributed by atoms with Crippen LogP contribution < -0.4 is 4.74 Å². The lowest BCUT2D eigenvalue weighted by Gasteiger charge is -2.09. The second-order valence-electron chi connectivity index (χ2n) is 5.62. The number of hydrogen-bond donors (Lipinski definition) is 0. The zero-order chi connectivity index (χ0) is 20.3. The minimum absolute atomic E-state index is 0.0125. The molecule has 7 nitrogen and oxygen atoms in total. The summed E-state index contributed by atoms with van der Waals surface area (Å²) < 4.78 is 17.6. The van der Waals surface area contributed by atoms with Crippen molar-refractivity contribution in [2.45, 2.75) is 0 Å². The number of benzene rings is 2. The van der Waals surface area contributed by atoms with Crippen molar-refractivity contribution in [3.63, 3.8) is 0 Å². The summed E-state index contributed by atoms with van der Waals surface area (Å²) in [4.78, 5) is 25.2. The van der Waals surface area contributed by atoms with E-state index in [1.54, 1.807) is 18.2 Å². The van der Waals surface area contributed by atoms with E-state index < -0.39 is 11.9 Å². The summed E-state index contributed by atoms with van der Waals surface area (Å²) in [6.07, 6.45) is 0. The third kappa shape index (κ3) is 3.47. The smallest absolute Gasteiger partial charge is 0.357 e. The predicted molar refractivity (Wildman–Crippen MR) is 111 cm³/mol. The van der Waals surface area contributed by atoms with Gasteiger partial charge in [0.2, 0.25) is 0 Å². The highest BCUT2D eigenvalue weighted by Gasteiger charge is 2.32. The third-order valence-electron chi connectivity index (χ3n) is 4.08. The molecular formula is C20H17IN2O5.